The molecule has 22 atom stereocenters. The smallest absolute Gasteiger partial charge is 0.408 e. The highest BCUT2D eigenvalue weighted by Crippen LogP contribution is 2.41. The molecule has 0 saturated carbocycles. The molecule has 0 spiro atoms. The number of aliphatic hydroxyl groups is 2. The SMILES string of the molecule is CON=C1C[C@@H](C)O[C@@H](OC2C(C)CC(C)(OC(=O)NC(C)(C)CNS(=O)(=O)c3ccccc3F)C(=O)C(C)C(OC(=O)CC(C)C)C(C)C(C(C)CO[C@@H]3O[C@H](C)[C@@H](O)[C@@H](OC)[C@H]3OC)OC(=O)C(C)C(O[C@H]3CC(C)N(C)C[C@H](C)O3)C2C)[C@@H]1O. The first-order chi connectivity index (χ1) is 40.6. The summed E-state index contributed by atoms with van der Waals surface area (Å²) in [5.41, 5.74) is -3.39. The number of methoxy groups -OCH3 is 2. The van der Waals surface area contributed by atoms with Crippen LogP contribution in [0.5, 0.6) is 0 Å². The van der Waals surface area contributed by atoms with Crippen molar-refractivity contribution in [1.82, 2.24) is 14.9 Å². The van der Waals surface area contributed by atoms with Crippen LogP contribution in [0.3, 0.4) is 0 Å². The van der Waals surface area contributed by atoms with Crippen LogP contribution in [0.15, 0.2) is 34.3 Å². The van der Waals surface area contributed by atoms with Gasteiger partial charge in [-0.2, -0.15) is 0 Å². The number of amides is 1. The van der Waals surface area contributed by atoms with Crippen molar-refractivity contribution in [3.63, 3.8) is 0 Å². The van der Waals surface area contributed by atoms with Gasteiger partial charge in [0.1, 0.15) is 54.4 Å². The molecule has 4 saturated heterocycles. The standard InChI is InChI=1S/C61H101FN4O20S/c1-31(2)24-45(67)82-51-38(9)50(33(4)29-78-58-54(76-18)53(75-17)47(68)41(12)81-58)84-56(71)40(11)52(83-46-25-34(5)66(16)28-36(7)79-46)37(8)49(85-57-48(69)43(65-77-19)26-35(6)80-57)32(3)27-61(15,55(70)39(51)10)86-59(72)64-60(13,14)30-63-87(73,74)44-23-21-20-22-42(44)62/h20-23,31-41,46-54,57-58,63,68-69H,24-30H2,1-19H3,(H,64,72)/t32?,33?,34?,35-,36+,37?,38?,39?,40?,41-,46+,47-,48-,49?,50?,51?,52?,53-,54-,57+,58-,61?/m1/s1. The zero-order valence-electron chi connectivity index (χ0n) is 54.4. The number of aliphatic hydroxyl groups excluding tert-OH is 2. The maximum absolute atomic E-state index is 16.0. The fraction of sp³-hybridized carbons (Fsp3) is 0.820. The van der Waals surface area contributed by atoms with Crippen molar-refractivity contribution < 1.29 is 99.1 Å². The number of benzene rings is 1. The van der Waals surface area contributed by atoms with Crippen molar-refractivity contribution in [1.29, 1.82) is 0 Å². The number of likely N-dealkylation sites (N-methyl/N-ethyl adjacent to an activating group) is 1. The Hall–Kier alpha value is -4.03. The lowest BCUT2D eigenvalue weighted by molar-refractivity contribution is -0.305. The quantitative estimate of drug-likeness (QED) is 0.0671. The van der Waals surface area contributed by atoms with E-state index in [0.717, 1.165) is 12.1 Å². The Morgan fingerprint density at radius 1 is 0.862 bits per heavy atom. The normalized spacial score (nSPS) is 37.3. The second kappa shape index (κ2) is 31.8. The number of carbonyl (C=O) groups excluding carboxylic acids is 4. The molecular weight excluding hydrogens is 1160 g/mol. The van der Waals surface area contributed by atoms with Crippen molar-refractivity contribution in [3.8, 4) is 0 Å². The van der Waals surface area contributed by atoms with E-state index in [1.807, 2.05) is 34.7 Å². The third-order valence-electron chi connectivity index (χ3n) is 17.2. The van der Waals surface area contributed by atoms with Crippen LogP contribution in [0, 0.1) is 47.2 Å². The first kappa shape index (κ1) is 73.7. The van der Waals surface area contributed by atoms with Crippen LogP contribution < -0.4 is 10.0 Å². The number of halogens is 1. The van der Waals surface area contributed by atoms with E-state index in [4.69, 9.17) is 56.9 Å². The third-order valence-corrected chi connectivity index (χ3v) is 18.6. The van der Waals surface area contributed by atoms with Crippen LogP contribution in [0.2, 0.25) is 0 Å². The highest BCUT2D eigenvalue weighted by Gasteiger charge is 2.53. The fourth-order valence-electron chi connectivity index (χ4n) is 12.3. The molecule has 0 aliphatic carbocycles. The molecule has 0 radical (unpaired) electrons. The van der Waals surface area contributed by atoms with Gasteiger partial charge in [0, 0.05) is 70.4 Å². The van der Waals surface area contributed by atoms with Crippen LogP contribution >= 0.6 is 0 Å². The number of sulfonamides is 1. The number of Topliss-reactive ketones (excluding diaryl/α,β-unsaturated/α-hetero) is 1. The van der Waals surface area contributed by atoms with E-state index in [1.165, 1.54) is 61.2 Å². The van der Waals surface area contributed by atoms with Gasteiger partial charge in [-0.05, 0) is 92.8 Å². The minimum Gasteiger partial charge on any atom is -0.461 e. The summed E-state index contributed by atoms with van der Waals surface area (Å²) in [4.78, 5) is 66.9. The summed E-state index contributed by atoms with van der Waals surface area (Å²) in [6.07, 6.45) is -15.1. The van der Waals surface area contributed by atoms with E-state index in [1.54, 1.807) is 48.5 Å². The highest BCUT2D eigenvalue weighted by atomic mass is 32.2. The fourth-order valence-corrected chi connectivity index (χ4v) is 13.6. The summed E-state index contributed by atoms with van der Waals surface area (Å²) in [5.74, 6) is -9.35. The van der Waals surface area contributed by atoms with Gasteiger partial charge >= 0.3 is 18.0 Å². The molecule has 4 heterocycles. The molecule has 0 aromatic heterocycles. The number of rotatable bonds is 20. The van der Waals surface area contributed by atoms with Crippen molar-refractivity contribution in [2.24, 2.45) is 46.6 Å². The summed E-state index contributed by atoms with van der Waals surface area (Å²) in [7, 11) is 1.75. The summed E-state index contributed by atoms with van der Waals surface area (Å²) >= 11 is 0. The second-order valence-corrected chi connectivity index (χ2v) is 27.7. The number of oxime groups is 1. The Morgan fingerprint density at radius 3 is 2.14 bits per heavy atom. The third kappa shape index (κ3) is 19.3. The average molecular weight is 1260 g/mol. The molecule has 12 unspecified atom stereocenters. The maximum Gasteiger partial charge on any atom is 0.408 e. The Bertz CT molecular complexity index is 2570. The summed E-state index contributed by atoms with van der Waals surface area (Å²) in [5, 5.41) is 29.6. The van der Waals surface area contributed by atoms with Gasteiger partial charge in [-0.15, -0.1) is 0 Å². The second-order valence-electron chi connectivity index (χ2n) is 25.9. The number of nitrogens with zero attached hydrogens (tertiary/aromatic N) is 2. The van der Waals surface area contributed by atoms with E-state index in [-0.39, 0.29) is 49.6 Å². The number of ketones is 1. The molecule has 498 valence electrons. The monoisotopic (exact) mass is 1260 g/mol. The van der Waals surface area contributed by atoms with Crippen LogP contribution in [0.4, 0.5) is 9.18 Å². The number of carbonyl (C=O) groups is 4. The van der Waals surface area contributed by atoms with Gasteiger partial charge in [0.05, 0.1) is 60.2 Å². The largest absolute Gasteiger partial charge is 0.461 e. The average Bonchev–Trinajstić information content (AvgIpc) is 1.92. The van der Waals surface area contributed by atoms with Crippen molar-refractivity contribution in [2.45, 2.75) is 238 Å². The number of nitrogens with one attached hydrogen (secondary N) is 2. The molecule has 87 heavy (non-hydrogen) atoms. The summed E-state index contributed by atoms with van der Waals surface area (Å²) in [6.45, 7) is 25.6. The van der Waals surface area contributed by atoms with Crippen molar-refractivity contribution in [2.75, 3.05) is 48.1 Å². The van der Waals surface area contributed by atoms with Gasteiger partial charge in [-0.3, -0.25) is 14.4 Å². The molecule has 1 aromatic rings. The molecule has 5 rings (SSSR count). The van der Waals surface area contributed by atoms with Gasteiger partial charge in [0.25, 0.3) is 0 Å². The van der Waals surface area contributed by atoms with E-state index in [0.29, 0.717) is 13.0 Å². The van der Waals surface area contributed by atoms with Crippen molar-refractivity contribution >= 4 is 39.6 Å². The summed E-state index contributed by atoms with van der Waals surface area (Å²) in [6, 6.07) is 4.78. The molecule has 4 fully saturated rings. The lowest BCUT2D eigenvalue weighted by atomic mass is 9.74. The number of hydrogen-bond donors (Lipinski definition) is 4. The van der Waals surface area contributed by atoms with E-state index < -0.39 is 178 Å². The maximum atomic E-state index is 16.0. The molecule has 1 amide bonds. The predicted molar refractivity (Wildman–Crippen MR) is 316 cm³/mol. The van der Waals surface area contributed by atoms with Gasteiger partial charge in [0.15, 0.2) is 30.3 Å². The van der Waals surface area contributed by atoms with Gasteiger partial charge in [0.2, 0.25) is 10.0 Å². The lowest BCUT2D eigenvalue weighted by Gasteiger charge is -2.45. The predicted octanol–water partition coefficient (Wildman–Crippen LogP) is 5.90. The van der Waals surface area contributed by atoms with Crippen LogP contribution in [-0.4, -0.2) is 204 Å². The molecule has 26 heteroatoms. The Kier molecular flexibility index (Phi) is 27.0. The molecule has 4 aliphatic rings. The lowest BCUT2D eigenvalue weighted by Crippen LogP contribution is -2.59. The van der Waals surface area contributed by atoms with E-state index >= 15 is 9.59 Å². The van der Waals surface area contributed by atoms with Crippen LogP contribution in [-0.2, 0) is 81.3 Å². The van der Waals surface area contributed by atoms with Gasteiger partial charge in [-0.1, -0.05) is 65.8 Å². The Balaban J connectivity index is 1.71. The van der Waals surface area contributed by atoms with Gasteiger partial charge < -0.3 is 77.4 Å². The van der Waals surface area contributed by atoms with Crippen LogP contribution in [0.25, 0.3) is 0 Å². The molecule has 24 nitrogen and oxygen atoms in total. The number of alkyl carbamates (subject to hydrolysis) is 1. The number of cyclic esters (lactones) is 1. The number of esters is 2. The number of hydrogen-bond acceptors (Lipinski definition) is 22. The highest BCUT2D eigenvalue weighted by molar-refractivity contribution is 7.89. The zero-order valence-corrected chi connectivity index (χ0v) is 55.2. The first-order valence-corrected chi connectivity index (χ1v) is 31.9. The van der Waals surface area contributed by atoms with Crippen molar-refractivity contribution in [3.05, 3.63) is 30.1 Å². The van der Waals surface area contributed by atoms with E-state index in [2.05, 4.69) is 20.1 Å². The topological polar surface area (TPSA) is 293 Å². The minimum absolute atomic E-state index is 0.0422. The summed E-state index contributed by atoms with van der Waals surface area (Å²) < 4.78 is 114. The number of ether oxygens (including phenoxy) is 11. The first-order valence-electron chi connectivity index (χ1n) is 30.4. The Morgan fingerprint density at radius 2 is 1.52 bits per heavy atom. The van der Waals surface area contributed by atoms with Gasteiger partial charge in [-0.25, -0.2) is 22.3 Å². The molecule has 4 aliphatic heterocycles. The molecule has 4 N–H and O–H groups in total. The Labute approximate surface area is 514 Å². The molecule has 0 bridgehead atoms. The van der Waals surface area contributed by atoms with E-state index in [9.17, 15) is 32.6 Å². The molecular formula is C61H101FN4O20S. The molecule has 1 aromatic carbocycles. The zero-order chi connectivity index (χ0) is 65.2. The minimum atomic E-state index is -4.44. The van der Waals surface area contributed by atoms with Crippen LogP contribution in [0.1, 0.15) is 130 Å².